The number of hydrogen-bond donors (Lipinski definition) is 1. The summed E-state index contributed by atoms with van der Waals surface area (Å²) in [6.45, 7) is 2.57. The topological polar surface area (TPSA) is 48.1 Å². The molecular formula is C14H16N2O. The van der Waals surface area contributed by atoms with E-state index in [1.54, 1.807) is 6.20 Å². The van der Waals surface area contributed by atoms with Gasteiger partial charge in [0.1, 0.15) is 18.2 Å². The fraction of sp³-hybridized carbons (Fsp3) is 0.214. The third-order valence-corrected chi connectivity index (χ3v) is 2.66. The molecule has 0 atom stereocenters. The molecule has 1 aromatic heterocycles. The van der Waals surface area contributed by atoms with Crippen LogP contribution in [-0.2, 0) is 13.0 Å². The van der Waals surface area contributed by atoms with Crippen LogP contribution in [0.4, 0.5) is 5.82 Å². The maximum atomic E-state index is 5.77. The standard InChI is InChI=1S/C14H16N2O/c1-2-11-6-3-4-8-13(11)17-10-12-7-5-9-16-14(12)15/h3-9H,2,10H2,1H3,(H2,15,16). The molecule has 3 nitrogen and oxygen atoms in total. The molecule has 88 valence electrons. The van der Waals surface area contributed by atoms with Crippen LogP contribution in [0, 0.1) is 0 Å². The van der Waals surface area contributed by atoms with E-state index >= 15 is 0 Å². The van der Waals surface area contributed by atoms with E-state index in [1.807, 2.05) is 30.3 Å². The van der Waals surface area contributed by atoms with Crippen LogP contribution in [0.15, 0.2) is 42.6 Å². The smallest absolute Gasteiger partial charge is 0.129 e. The third-order valence-electron chi connectivity index (χ3n) is 2.66. The van der Waals surface area contributed by atoms with Crippen LogP contribution in [0.5, 0.6) is 5.75 Å². The molecule has 0 unspecified atom stereocenters. The molecule has 2 aromatic rings. The van der Waals surface area contributed by atoms with E-state index in [9.17, 15) is 0 Å². The Labute approximate surface area is 101 Å². The Bertz CT molecular complexity index is 497. The molecule has 3 heteroatoms. The molecule has 0 saturated carbocycles. The Kier molecular flexibility index (Phi) is 3.60. The van der Waals surface area contributed by atoms with Crippen LogP contribution in [0.1, 0.15) is 18.1 Å². The lowest BCUT2D eigenvalue weighted by Crippen LogP contribution is -2.02. The van der Waals surface area contributed by atoms with Gasteiger partial charge in [0.05, 0.1) is 0 Å². The van der Waals surface area contributed by atoms with E-state index < -0.39 is 0 Å². The average molecular weight is 228 g/mol. The Morgan fingerprint density at radius 1 is 1.12 bits per heavy atom. The van der Waals surface area contributed by atoms with Gasteiger partial charge in [-0.15, -0.1) is 0 Å². The summed E-state index contributed by atoms with van der Waals surface area (Å²) in [5, 5.41) is 0. The molecule has 0 radical (unpaired) electrons. The third kappa shape index (κ3) is 2.75. The van der Waals surface area contributed by atoms with Crippen molar-refractivity contribution in [3.63, 3.8) is 0 Å². The largest absolute Gasteiger partial charge is 0.488 e. The summed E-state index contributed by atoms with van der Waals surface area (Å²) in [6, 6.07) is 11.8. The first kappa shape index (κ1) is 11.5. The van der Waals surface area contributed by atoms with E-state index in [4.69, 9.17) is 10.5 Å². The van der Waals surface area contributed by atoms with E-state index in [0.717, 1.165) is 17.7 Å². The summed E-state index contributed by atoms with van der Waals surface area (Å²) < 4.78 is 5.77. The van der Waals surface area contributed by atoms with E-state index in [1.165, 1.54) is 5.56 Å². The first-order valence-corrected chi connectivity index (χ1v) is 5.71. The van der Waals surface area contributed by atoms with Gasteiger partial charge in [0.2, 0.25) is 0 Å². The molecule has 17 heavy (non-hydrogen) atoms. The maximum absolute atomic E-state index is 5.77. The van der Waals surface area contributed by atoms with Gasteiger partial charge in [-0.05, 0) is 24.1 Å². The highest BCUT2D eigenvalue weighted by molar-refractivity contribution is 5.39. The molecule has 1 aromatic carbocycles. The summed E-state index contributed by atoms with van der Waals surface area (Å²) >= 11 is 0. The minimum Gasteiger partial charge on any atom is -0.488 e. The highest BCUT2D eigenvalue weighted by Crippen LogP contribution is 2.20. The molecule has 0 aliphatic rings. The first-order valence-electron chi connectivity index (χ1n) is 5.71. The number of para-hydroxylation sites is 1. The van der Waals surface area contributed by atoms with Crippen molar-refractivity contribution < 1.29 is 4.74 Å². The predicted molar refractivity (Wildman–Crippen MR) is 68.8 cm³/mol. The number of nitrogens with two attached hydrogens (primary N) is 1. The average Bonchev–Trinajstić information content (AvgIpc) is 2.38. The maximum Gasteiger partial charge on any atom is 0.129 e. The molecule has 0 spiro atoms. The zero-order valence-electron chi connectivity index (χ0n) is 9.89. The molecule has 0 saturated heterocycles. The highest BCUT2D eigenvalue weighted by atomic mass is 16.5. The van der Waals surface area contributed by atoms with Crippen molar-refractivity contribution in [2.24, 2.45) is 0 Å². The van der Waals surface area contributed by atoms with Gasteiger partial charge in [-0.2, -0.15) is 0 Å². The lowest BCUT2D eigenvalue weighted by molar-refractivity contribution is 0.303. The molecule has 2 N–H and O–H groups in total. The van der Waals surface area contributed by atoms with Gasteiger partial charge in [-0.25, -0.2) is 4.98 Å². The first-order chi connectivity index (χ1) is 8.31. The van der Waals surface area contributed by atoms with E-state index in [-0.39, 0.29) is 0 Å². The van der Waals surface area contributed by atoms with Crippen LogP contribution in [0.2, 0.25) is 0 Å². The van der Waals surface area contributed by atoms with Gasteiger partial charge in [0.15, 0.2) is 0 Å². The number of ether oxygens (including phenoxy) is 1. The van der Waals surface area contributed by atoms with Crippen molar-refractivity contribution in [2.45, 2.75) is 20.0 Å². The van der Waals surface area contributed by atoms with Crippen LogP contribution in [0.3, 0.4) is 0 Å². The number of benzene rings is 1. The Morgan fingerprint density at radius 3 is 2.65 bits per heavy atom. The quantitative estimate of drug-likeness (QED) is 0.875. The fourth-order valence-corrected chi connectivity index (χ4v) is 1.67. The fourth-order valence-electron chi connectivity index (χ4n) is 1.67. The van der Waals surface area contributed by atoms with Gasteiger partial charge < -0.3 is 10.5 Å². The Hall–Kier alpha value is -2.03. The summed E-state index contributed by atoms with van der Waals surface area (Å²) in [7, 11) is 0. The van der Waals surface area contributed by atoms with Crippen LogP contribution < -0.4 is 10.5 Å². The van der Waals surface area contributed by atoms with Gasteiger partial charge >= 0.3 is 0 Å². The van der Waals surface area contributed by atoms with Crippen molar-refractivity contribution in [1.29, 1.82) is 0 Å². The molecule has 0 fully saturated rings. The molecular weight excluding hydrogens is 212 g/mol. The zero-order chi connectivity index (χ0) is 12.1. The molecule has 2 rings (SSSR count). The second kappa shape index (κ2) is 5.34. The highest BCUT2D eigenvalue weighted by Gasteiger charge is 2.03. The second-order valence-corrected chi connectivity index (χ2v) is 3.80. The number of hydrogen-bond acceptors (Lipinski definition) is 3. The van der Waals surface area contributed by atoms with E-state index in [2.05, 4.69) is 18.0 Å². The van der Waals surface area contributed by atoms with Gasteiger partial charge in [0.25, 0.3) is 0 Å². The lowest BCUT2D eigenvalue weighted by atomic mass is 10.1. The Morgan fingerprint density at radius 2 is 1.88 bits per heavy atom. The summed E-state index contributed by atoms with van der Waals surface area (Å²) in [6.07, 6.45) is 2.64. The van der Waals surface area contributed by atoms with Gasteiger partial charge in [-0.1, -0.05) is 31.2 Å². The summed E-state index contributed by atoms with van der Waals surface area (Å²) in [5.74, 6) is 1.44. The number of nitrogens with zero attached hydrogens (tertiary/aromatic N) is 1. The second-order valence-electron chi connectivity index (χ2n) is 3.80. The number of rotatable bonds is 4. The van der Waals surface area contributed by atoms with Crippen LogP contribution >= 0.6 is 0 Å². The summed E-state index contributed by atoms with van der Waals surface area (Å²) in [5.41, 5.74) is 7.88. The van der Waals surface area contributed by atoms with E-state index in [0.29, 0.717) is 12.4 Å². The number of anilines is 1. The molecule has 0 bridgehead atoms. The molecule has 0 aliphatic heterocycles. The monoisotopic (exact) mass is 228 g/mol. The normalized spacial score (nSPS) is 10.2. The van der Waals surface area contributed by atoms with Crippen molar-refractivity contribution >= 4 is 5.82 Å². The molecule has 0 aliphatic carbocycles. The number of nitrogen functional groups attached to an aromatic ring is 1. The molecule has 0 amide bonds. The van der Waals surface area contributed by atoms with Gasteiger partial charge in [-0.3, -0.25) is 0 Å². The number of aryl methyl sites for hydroxylation is 1. The summed E-state index contributed by atoms with van der Waals surface area (Å²) in [4.78, 5) is 4.03. The van der Waals surface area contributed by atoms with Crippen molar-refractivity contribution in [3.05, 3.63) is 53.7 Å². The molecule has 1 heterocycles. The van der Waals surface area contributed by atoms with Crippen LogP contribution in [-0.4, -0.2) is 4.98 Å². The Balaban J connectivity index is 2.10. The number of aromatic nitrogens is 1. The van der Waals surface area contributed by atoms with Crippen molar-refractivity contribution in [1.82, 2.24) is 4.98 Å². The van der Waals surface area contributed by atoms with Gasteiger partial charge in [0, 0.05) is 11.8 Å². The minimum atomic E-state index is 0.455. The number of pyridine rings is 1. The minimum absolute atomic E-state index is 0.455. The van der Waals surface area contributed by atoms with Crippen molar-refractivity contribution in [3.8, 4) is 5.75 Å². The lowest BCUT2D eigenvalue weighted by Gasteiger charge is -2.10. The van der Waals surface area contributed by atoms with Crippen LogP contribution in [0.25, 0.3) is 0 Å². The predicted octanol–water partition coefficient (Wildman–Crippen LogP) is 2.81. The SMILES string of the molecule is CCc1ccccc1OCc1cccnc1N. The van der Waals surface area contributed by atoms with Crippen molar-refractivity contribution in [2.75, 3.05) is 5.73 Å². The zero-order valence-corrected chi connectivity index (χ0v) is 9.89.